The molecule has 37 heavy (non-hydrogen) atoms. The molecule has 0 unspecified atom stereocenters. The molecule has 0 spiro atoms. The molecule has 0 aliphatic heterocycles. The summed E-state index contributed by atoms with van der Waals surface area (Å²) in [6.07, 6.45) is 1.66. The molecule has 0 bridgehead atoms. The van der Waals surface area contributed by atoms with E-state index in [-0.39, 0.29) is 5.56 Å². The van der Waals surface area contributed by atoms with Crippen LogP contribution in [0.3, 0.4) is 0 Å². The van der Waals surface area contributed by atoms with Crippen LogP contribution in [0.4, 0.5) is 0 Å². The summed E-state index contributed by atoms with van der Waals surface area (Å²) in [5.74, 6) is 1.90. The van der Waals surface area contributed by atoms with E-state index in [1.54, 1.807) is 12.3 Å². The number of hydrogen-bond acceptors (Lipinski definition) is 5. The number of rotatable bonds is 7. The predicted octanol–water partition coefficient (Wildman–Crippen LogP) is 7.23. The first-order valence-electron chi connectivity index (χ1n) is 12.0. The Balaban J connectivity index is 1.72. The highest BCUT2D eigenvalue weighted by Gasteiger charge is 2.23. The van der Waals surface area contributed by atoms with Gasteiger partial charge in [-0.15, -0.1) is 0 Å². The normalized spacial score (nSPS) is 11.9. The van der Waals surface area contributed by atoms with Crippen molar-refractivity contribution in [3.63, 3.8) is 0 Å². The lowest BCUT2D eigenvalue weighted by Gasteiger charge is -2.21. The fraction of sp³-hybridized carbons (Fsp3) is 0.276. The molecule has 0 aliphatic rings. The maximum absolute atomic E-state index is 13.4. The van der Waals surface area contributed by atoms with Gasteiger partial charge in [0, 0.05) is 9.89 Å². The van der Waals surface area contributed by atoms with E-state index in [9.17, 15) is 4.79 Å². The number of nitrogens with zero attached hydrogens (tertiary/aromatic N) is 3. The van der Waals surface area contributed by atoms with Gasteiger partial charge in [0.05, 0.1) is 27.3 Å². The van der Waals surface area contributed by atoms with Crippen LogP contribution in [0.25, 0.3) is 10.9 Å². The number of fused-ring (bicyclic) bond motifs is 1. The molecular formula is C29H29BrIN3O3. The van der Waals surface area contributed by atoms with Gasteiger partial charge < -0.3 is 9.47 Å². The van der Waals surface area contributed by atoms with Crippen molar-refractivity contribution in [2.75, 3.05) is 6.61 Å². The molecule has 4 rings (SSSR count). The van der Waals surface area contributed by atoms with Crippen LogP contribution in [0.2, 0.25) is 0 Å². The van der Waals surface area contributed by atoms with Crippen LogP contribution in [0.1, 0.15) is 50.2 Å². The lowest BCUT2D eigenvalue weighted by atomic mass is 9.95. The molecule has 8 heteroatoms. The standard InChI is InChI=1S/C29H29BrIN3O3/c1-6-36-25-14-20(13-23(31)26(25)37-17-19-9-7-18(2)8-10-19)16-32-34-27(35)22-15-21(30)11-12-24(22)33-28(34)29(3,4)5/h7-16H,6,17H2,1-5H3. The van der Waals surface area contributed by atoms with E-state index in [4.69, 9.17) is 14.5 Å². The van der Waals surface area contributed by atoms with Crippen molar-refractivity contribution in [2.45, 2.75) is 46.6 Å². The van der Waals surface area contributed by atoms with Crippen LogP contribution in [0.5, 0.6) is 11.5 Å². The molecule has 1 aromatic heterocycles. The van der Waals surface area contributed by atoms with E-state index in [0.717, 1.165) is 19.2 Å². The number of aromatic nitrogens is 2. The van der Waals surface area contributed by atoms with Gasteiger partial charge in [0.2, 0.25) is 0 Å². The van der Waals surface area contributed by atoms with Gasteiger partial charge in [-0.3, -0.25) is 4.79 Å². The Bertz CT molecular complexity index is 1520. The Morgan fingerprint density at radius 1 is 1.08 bits per heavy atom. The summed E-state index contributed by atoms with van der Waals surface area (Å²) < 4.78 is 15.2. The van der Waals surface area contributed by atoms with Crippen LogP contribution in [0.15, 0.2) is 69.0 Å². The van der Waals surface area contributed by atoms with Crippen LogP contribution in [0, 0.1) is 10.5 Å². The first-order chi connectivity index (χ1) is 17.6. The first-order valence-corrected chi connectivity index (χ1v) is 13.9. The number of ether oxygens (including phenoxy) is 2. The van der Waals surface area contributed by atoms with Crippen LogP contribution >= 0.6 is 38.5 Å². The Morgan fingerprint density at radius 3 is 2.49 bits per heavy atom. The van der Waals surface area contributed by atoms with Crippen LogP contribution in [-0.2, 0) is 12.0 Å². The van der Waals surface area contributed by atoms with E-state index >= 15 is 0 Å². The summed E-state index contributed by atoms with van der Waals surface area (Å²) in [7, 11) is 0. The number of benzene rings is 3. The van der Waals surface area contributed by atoms with Gasteiger partial charge in [-0.2, -0.15) is 9.78 Å². The van der Waals surface area contributed by atoms with Gasteiger partial charge >= 0.3 is 0 Å². The van der Waals surface area contributed by atoms with E-state index in [1.165, 1.54) is 10.2 Å². The summed E-state index contributed by atoms with van der Waals surface area (Å²) in [6, 6.07) is 17.6. The molecular weight excluding hydrogens is 645 g/mol. The van der Waals surface area contributed by atoms with Crippen molar-refractivity contribution in [1.82, 2.24) is 9.66 Å². The minimum absolute atomic E-state index is 0.217. The van der Waals surface area contributed by atoms with E-state index in [2.05, 4.69) is 74.8 Å². The van der Waals surface area contributed by atoms with Gasteiger partial charge in [-0.25, -0.2) is 4.98 Å². The maximum Gasteiger partial charge on any atom is 0.282 e. The van der Waals surface area contributed by atoms with Crippen LogP contribution < -0.4 is 15.0 Å². The van der Waals surface area contributed by atoms with Crippen molar-refractivity contribution in [1.29, 1.82) is 0 Å². The Morgan fingerprint density at radius 2 is 1.81 bits per heavy atom. The van der Waals surface area contributed by atoms with E-state index in [1.807, 2.05) is 52.0 Å². The number of aryl methyl sites for hydroxylation is 1. The molecule has 0 aliphatic carbocycles. The quantitative estimate of drug-likeness (QED) is 0.153. The summed E-state index contributed by atoms with van der Waals surface area (Å²) in [5, 5.41) is 5.10. The molecule has 0 saturated carbocycles. The Labute approximate surface area is 239 Å². The number of hydrogen-bond donors (Lipinski definition) is 0. The van der Waals surface area contributed by atoms with Crippen molar-refractivity contribution < 1.29 is 9.47 Å². The zero-order valence-electron chi connectivity index (χ0n) is 21.5. The lowest BCUT2D eigenvalue weighted by molar-refractivity contribution is 0.267. The van der Waals surface area contributed by atoms with Crippen LogP contribution in [-0.4, -0.2) is 22.5 Å². The molecule has 192 valence electrons. The summed E-state index contributed by atoms with van der Waals surface area (Å²) in [6.45, 7) is 11.0. The average Bonchev–Trinajstić information content (AvgIpc) is 2.84. The zero-order valence-corrected chi connectivity index (χ0v) is 25.3. The van der Waals surface area contributed by atoms with Gasteiger partial charge in [-0.05, 0) is 77.9 Å². The van der Waals surface area contributed by atoms with Crippen molar-refractivity contribution >= 4 is 55.6 Å². The zero-order chi connectivity index (χ0) is 26.7. The minimum Gasteiger partial charge on any atom is -0.490 e. The second-order valence-corrected chi connectivity index (χ2v) is 11.8. The minimum atomic E-state index is -0.393. The fourth-order valence-corrected chi connectivity index (χ4v) is 4.91. The number of halogens is 2. The monoisotopic (exact) mass is 673 g/mol. The topological polar surface area (TPSA) is 65.7 Å². The van der Waals surface area contributed by atoms with Crippen molar-refractivity contribution in [2.24, 2.45) is 5.10 Å². The molecule has 0 fully saturated rings. The molecule has 0 amide bonds. The first kappa shape index (κ1) is 27.3. The third kappa shape index (κ3) is 6.41. The Hall–Kier alpha value is -2.72. The molecule has 0 atom stereocenters. The summed E-state index contributed by atoms with van der Waals surface area (Å²) in [5.41, 5.74) is 3.12. The molecule has 0 radical (unpaired) electrons. The van der Waals surface area contributed by atoms with Gasteiger partial charge in [0.1, 0.15) is 12.4 Å². The highest BCUT2D eigenvalue weighted by atomic mass is 127. The van der Waals surface area contributed by atoms with E-state index in [0.29, 0.717) is 41.4 Å². The van der Waals surface area contributed by atoms with Gasteiger partial charge in [0.25, 0.3) is 5.56 Å². The van der Waals surface area contributed by atoms with Crippen molar-refractivity contribution in [3.05, 3.63) is 95.5 Å². The summed E-state index contributed by atoms with van der Waals surface area (Å²) >= 11 is 5.69. The molecule has 4 aromatic rings. The van der Waals surface area contributed by atoms with Gasteiger partial charge in [0.15, 0.2) is 11.5 Å². The maximum atomic E-state index is 13.4. The predicted molar refractivity (Wildman–Crippen MR) is 161 cm³/mol. The third-order valence-corrected chi connectivity index (χ3v) is 6.93. The van der Waals surface area contributed by atoms with Crippen molar-refractivity contribution in [3.8, 4) is 11.5 Å². The largest absolute Gasteiger partial charge is 0.490 e. The molecule has 0 saturated heterocycles. The molecule has 6 nitrogen and oxygen atoms in total. The van der Waals surface area contributed by atoms with E-state index < -0.39 is 5.41 Å². The second kappa shape index (κ2) is 11.3. The lowest BCUT2D eigenvalue weighted by Crippen LogP contribution is -2.29. The smallest absolute Gasteiger partial charge is 0.282 e. The second-order valence-electron chi connectivity index (χ2n) is 9.75. The van der Waals surface area contributed by atoms with Gasteiger partial charge in [-0.1, -0.05) is 66.5 Å². The molecule has 0 N–H and O–H groups in total. The summed E-state index contributed by atoms with van der Waals surface area (Å²) in [4.78, 5) is 18.2. The fourth-order valence-electron chi connectivity index (χ4n) is 3.77. The highest BCUT2D eigenvalue weighted by Crippen LogP contribution is 2.34. The third-order valence-electron chi connectivity index (χ3n) is 5.64. The molecule has 3 aromatic carbocycles. The molecule has 1 heterocycles. The Kier molecular flexibility index (Phi) is 8.38. The SMILES string of the molecule is CCOc1cc(C=Nn2c(C(C)(C)C)nc3ccc(Br)cc3c2=O)cc(I)c1OCc1ccc(C)cc1. The highest BCUT2D eigenvalue weighted by molar-refractivity contribution is 14.1. The average molecular weight is 674 g/mol.